The van der Waals surface area contributed by atoms with E-state index in [4.69, 9.17) is 14.7 Å². The number of rotatable bonds is 6. The van der Waals surface area contributed by atoms with Gasteiger partial charge >= 0.3 is 5.97 Å². The van der Waals surface area contributed by atoms with Crippen LogP contribution < -0.4 is 5.32 Å². The maximum Gasteiger partial charge on any atom is 0.338 e. The third-order valence-electron chi connectivity index (χ3n) is 6.01. The first-order chi connectivity index (χ1) is 18.4. The predicted molar refractivity (Wildman–Crippen MR) is 145 cm³/mol. The smallest absolute Gasteiger partial charge is 0.338 e. The molecule has 0 bridgehead atoms. The van der Waals surface area contributed by atoms with Crippen molar-refractivity contribution < 1.29 is 18.7 Å². The molecule has 188 valence electrons. The van der Waals surface area contributed by atoms with Crippen molar-refractivity contribution >= 4 is 28.6 Å². The number of benzene rings is 4. The Morgan fingerprint density at radius 2 is 1.29 bits per heavy atom. The Balaban J connectivity index is 1.42. The quantitative estimate of drug-likeness (QED) is 0.266. The van der Waals surface area contributed by atoms with Crippen LogP contribution in [0.5, 0.6) is 0 Å². The molecule has 0 radical (unpaired) electrons. The van der Waals surface area contributed by atoms with Crippen LogP contribution >= 0.6 is 0 Å². The number of ether oxygens (including phenoxy) is 1. The lowest BCUT2D eigenvalue weighted by molar-refractivity contribution is -0.119. The number of esters is 1. The number of aromatic nitrogens is 2. The van der Waals surface area contributed by atoms with E-state index in [0.29, 0.717) is 22.4 Å². The highest BCUT2D eigenvalue weighted by molar-refractivity contribution is 5.97. The molecule has 0 unspecified atom stereocenters. The molecule has 0 saturated carbocycles. The van der Waals surface area contributed by atoms with Gasteiger partial charge in [-0.2, -0.15) is 0 Å². The van der Waals surface area contributed by atoms with Gasteiger partial charge in [-0.3, -0.25) is 4.79 Å². The van der Waals surface area contributed by atoms with E-state index in [2.05, 4.69) is 5.32 Å². The van der Waals surface area contributed by atoms with Gasteiger partial charge in [0.25, 0.3) is 5.91 Å². The minimum Gasteiger partial charge on any atom is -0.452 e. The Kier molecular flexibility index (Phi) is 6.91. The van der Waals surface area contributed by atoms with Crippen molar-refractivity contribution in [2.75, 3.05) is 11.9 Å². The van der Waals surface area contributed by atoms with Gasteiger partial charge in [0, 0.05) is 16.8 Å². The number of halogens is 1. The fourth-order valence-electron chi connectivity index (χ4n) is 3.95. The highest BCUT2D eigenvalue weighted by Crippen LogP contribution is 2.31. The van der Waals surface area contributed by atoms with Gasteiger partial charge in [0.1, 0.15) is 5.82 Å². The van der Waals surface area contributed by atoms with Gasteiger partial charge in [0.2, 0.25) is 0 Å². The molecule has 1 aromatic heterocycles. The molecule has 5 aromatic rings. The first-order valence-electron chi connectivity index (χ1n) is 12.0. The summed E-state index contributed by atoms with van der Waals surface area (Å²) >= 11 is 0. The summed E-state index contributed by atoms with van der Waals surface area (Å²) < 4.78 is 18.2. The Labute approximate surface area is 219 Å². The van der Waals surface area contributed by atoms with Crippen molar-refractivity contribution in [1.82, 2.24) is 9.97 Å². The van der Waals surface area contributed by atoms with Gasteiger partial charge < -0.3 is 10.1 Å². The lowest BCUT2D eigenvalue weighted by Gasteiger charge is -2.12. The van der Waals surface area contributed by atoms with Gasteiger partial charge in [-0.15, -0.1) is 0 Å². The summed E-state index contributed by atoms with van der Waals surface area (Å²) in [6, 6.07) is 26.4. The average molecular weight is 506 g/mol. The molecule has 0 aliphatic carbocycles. The maximum atomic E-state index is 13.0. The standard InChI is InChI=1S/C31H24FN3O3/c1-19-3-7-21(8-4-19)29-30(22-9-5-20(2)6-10-22)35-27-17-23(11-16-26(27)34-29)31(37)38-18-28(36)33-25-14-12-24(32)13-15-25/h3-17H,18H2,1-2H3,(H,33,36). The summed E-state index contributed by atoms with van der Waals surface area (Å²) in [5.41, 5.74) is 7.38. The van der Waals surface area contributed by atoms with Crippen molar-refractivity contribution in [1.29, 1.82) is 0 Å². The number of nitrogens with one attached hydrogen (secondary N) is 1. The van der Waals surface area contributed by atoms with Crippen LogP contribution in [0.1, 0.15) is 21.5 Å². The van der Waals surface area contributed by atoms with Gasteiger partial charge in [0.15, 0.2) is 6.61 Å². The summed E-state index contributed by atoms with van der Waals surface area (Å²) in [6.45, 7) is 3.57. The van der Waals surface area contributed by atoms with Gasteiger partial charge in [-0.1, -0.05) is 59.7 Å². The van der Waals surface area contributed by atoms with Gasteiger partial charge in [0.05, 0.1) is 28.0 Å². The molecular formula is C31H24FN3O3. The van der Waals surface area contributed by atoms with E-state index in [1.54, 1.807) is 18.2 Å². The summed E-state index contributed by atoms with van der Waals surface area (Å²) in [7, 11) is 0. The summed E-state index contributed by atoms with van der Waals surface area (Å²) in [4.78, 5) is 34.7. The van der Waals surface area contributed by atoms with Crippen molar-refractivity contribution in [3.05, 3.63) is 114 Å². The minimum absolute atomic E-state index is 0.249. The second kappa shape index (κ2) is 10.6. The average Bonchev–Trinajstić information content (AvgIpc) is 2.93. The molecule has 0 aliphatic rings. The van der Waals surface area contributed by atoms with Crippen LogP contribution in [0, 0.1) is 19.7 Å². The van der Waals surface area contributed by atoms with Crippen molar-refractivity contribution in [3.8, 4) is 22.5 Å². The molecule has 0 aliphatic heterocycles. The number of carbonyl (C=O) groups is 2. The zero-order valence-corrected chi connectivity index (χ0v) is 20.9. The molecule has 7 heteroatoms. The number of carbonyl (C=O) groups excluding carboxylic acids is 2. The van der Waals surface area contributed by atoms with Gasteiger partial charge in [-0.05, 0) is 56.3 Å². The van der Waals surface area contributed by atoms with Gasteiger partial charge in [-0.25, -0.2) is 19.2 Å². The van der Waals surface area contributed by atoms with Crippen molar-refractivity contribution in [2.45, 2.75) is 13.8 Å². The van der Waals surface area contributed by atoms with E-state index in [1.165, 1.54) is 24.3 Å². The Morgan fingerprint density at radius 1 is 0.737 bits per heavy atom. The molecule has 1 amide bonds. The highest BCUT2D eigenvalue weighted by Gasteiger charge is 2.16. The van der Waals surface area contributed by atoms with Crippen LogP contribution in [0.4, 0.5) is 10.1 Å². The monoisotopic (exact) mass is 505 g/mol. The third-order valence-corrected chi connectivity index (χ3v) is 6.01. The third kappa shape index (κ3) is 5.57. The fraction of sp³-hybridized carbons (Fsp3) is 0.0968. The Morgan fingerprint density at radius 3 is 1.87 bits per heavy atom. The molecular weight excluding hydrogens is 481 g/mol. The molecule has 0 saturated heterocycles. The van der Waals surface area contributed by atoms with E-state index in [-0.39, 0.29) is 5.56 Å². The summed E-state index contributed by atoms with van der Waals surface area (Å²) in [5.74, 6) is -1.61. The fourth-order valence-corrected chi connectivity index (χ4v) is 3.95. The van der Waals surface area contributed by atoms with Crippen molar-refractivity contribution in [2.24, 2.45) is 0 Å². The first-order valence-corrected chi connectivity index (χ1v) is 12.0. The van der Waals surface area contributed by atoms with E-state index in [1.807, 2.05) is 62.4 Å². The zero-order valence-electron chi connectivity index (χ0n) is 20.9. The zero-order chi connectivity index (χ0) is 26.6. The number of nitrogens with zero attached hydrogens (tertiary/aromatic N) is 2. The minimum atomic E-state index is -0.664. The molecule has 38 heavy (non-hydrogen) atoms. The lowest BCUT2D eigenvalue weighted by Crippen LogP contribution is -2.20. The van der Waals surface area contributed by atoms with Crippen molar-refractivity contribution in [3.63, 3.8) is 0 Å². The number of hydrogen-bond acceptors (Lipinski definition) is 5. The summed E-state index contributed by atoms with van der Waals surface area (Å²) in [5, 5.41) is 2.56. The number of amides is 1. The molecule has 1 N–H and O–H groups in total. The van der Waals surface area contributed by atoms with Crippen LogP contribution in [-0.4, -0.2) is 28.5 Å². The molecule has 0 fully saturated rings. The van der Waals surface area contributed by atoms with E-state index in [9.17, 15) is 14.0 Å². The number of anilines is 1. The number of fused-ring (bicyclic) bond motifs is 1. The molecule has 0 atom stereocenters. The van der Waals surface area contributed by atoms with Crippen LogP contribution in [0.2, 0.25) is 0 Å². The largest absolute Gasteiger partial charge is 0.452 e. The maximum absolute atomic E-state index is 13.0. The van der Waals surface area contributed by atoms with Crippen LogP contribution in [0.3, 0.4) is 0 Å². The Bertz CT molecular complexity index is 1630. The highest BCUT2D eigenvalue weighted by atomic mass is 19.1. The second-order valence-electron chi connectivity index (χ2n) is 8.99. The van der Waals surface area contributed by atoms with Crippen LogP contribution in [0.15, 0.2) is 91.0 Å². The Hall–Kier alpha value is -4.91. The first kappa shape index (κ1) is 24.8. The molecule has 5 rings (SSSR count). The normalized spacial score (nSPS) is 10.8. The molecule has 6 nitrogen and oxygen atoms in total. The van der Waals surface area contributed by atoms with E-state index in [0.717, 1.165) is 27.9 Å². The second-order valence-corrected chi connectivity index (χ2v) is 8.99. The summed E-state index contributed by atoms with van der Waals surface area (Å²) in [6.07, 6.45) is 0. The lowest BCUT2D eigenvalue weighted by atomic mass is 10.0. The van der Waals surface area contributed by atoms with E-state index < -0.39 is 24.3 Å². The topological polar surface area (TPSA) is 81.2 Å². The SMILES string of the molecule is Cc1ccc(-c2nc3ccc(C(=O)OCC(=O)Nc4ccc(F)cc4)cc3nc2-c2ccc(C)cc2)cc1. The van der Waals surface area contributed by atoms with E-state index >= 15 is 0 Å². The molecule has 0 spiro atoms. The predicted octanol–water partition coefficient (Wildman–Crippen LogP) is 6.52. The molecule has 4 aromatic carbocycles. The van der Waals surface area contributed by atoms with Crippen LogP contribution in [0.25, 0.3) is 33.5 Å². The van der Waals surface area contributed by atoms with Crippen LogP contribution in [-0.2, 0) is 9.53 Å². The molecule has 1 heterocycles. The number of aryl methyl sites for hydroxylation is 2. The number of hydrogen-bond donors (Lipinski definition) is 1.